The van der Waals surface area contributed by atoms with Crippen LogP contribution in [0.4, 0.5) is 5.69 Å². The molecule has 0 aliphatic carbocycles. The van der Waals surface area contributed by atoms with Gasteiger partial charge in [0.25, 0.3) is 5.91 Å². The zero-order valence-corrected chi connectivity index (χ0v) is 30.8. The van der Waals surface area contributed by atoms with Gasteiger partial charge in [0.15, 0.2) is 0 Å². The standard InChI is InChI=1S/C42H46ClN3O7/c1-5-7-22-34(48)44(4)27(3)37(29-18-12-9-13-19-29)52-41(51)35-33-23-24-42(53-33)36(35)39(49)46(32(26-47)28-16-10-8-11-17-28)38(42)40(50)45(25-6-2)31-21-15-14-20-30(31)43/h5-6,8-21,27,32-33,35-38,47H,1-2,7,22-26H2,3-4H3/t27-,32-,33+,35-,36-,37+,38+,42-/m1/s1. The van der Waals surface area contributed by atoms with E-state index in [1.807, 2.05) is 43.3 Å². The number of allylic oxidation sites excluding steroid dienone is 1. The molecule has 3 heterocycles. The molecule has 0 aromatic heterocycles. The lowest BCUT2D eigenvalue weighted by atomic mass is 9.70. The molecule has 3 saturated heterocycles. The van der Waals surface area contributed by atoms with E-state index in [1.54, 1.807) is 72.6 Å². The number of likely N-dealkylation sites (N-methyl/N-ethyl adjacent to an activating group) is 1. The molecule has 0 unspecified atom stereocenters. The molecule has 0 saturated carbocycles. The van der Waals surface area contributed by atoms with Gasteiger partial charge in [0, 0.05) is 20.0 Å². The number of aliphatic hydroxyl groups excluding tert-OH is 1. The number of para-hydroxylation sites is 1. The molecule has 3 aromatic rings. The number of esters is 1. The van der Waals surface area contributed by atoms with Crippen LogP contribution >= 0.6 is 11.6 Å². The Bertz CT molecular complexity index is 1840. The van der Waals surface area contributed by atoms with Crippen molar-refractivity contribution < 1.29 is 33.8 Å². The van der Waals surface area contributed by atoms with E-state index < -0.39 is 72.2 Å². The molecule has 10 nitrogen and oxygen atoms in total. The van der Waals surface area contributed by atoms with E-state index in [0.29, 0.717) is 41.1 Å². The number of nitrogens with zero attached hydrogens (tertiary/aromatic N) is 3. The molecule has 3 amide bonds. The monoisotopic (exact) mass is 739 g/mol. The lowest BCUT2D eigenvalue weighted by Crippen LogP contribution is -2.57. The van der Waals surface area contributed by atoms with Crippen LogP contribution in [-0.4, -0.2) is 82.6 Å². The molecular weight excluding hydrogens is 694 g/mol. The zero-order valence-electron chi connectivity index (χ0n) is 30.1. The van der Waals surface area contributed by atoms with Crippen LogP contribution in [0.15, 0.2) is 110 Å². The first-order valence-electron chi connectivity index (χ1n) is 18.0. The van der Waals surface area contributed by atoms with Gasteiger partial charge in [0.2, 0.25) is 11.8 Å². The van der Waals surface area contributed by atoms with Gasteiger partial charge in [-0.2, -0.15) is 0 Å². The number of rotatable bonds is 15. The largest absolute Gasteiger partial charge is 0.455 e. The number of amides is 3. The molecule has 3 aliphatic rings. The number of aliphatic hydroxyl groups is 1. The van der Waals surface area contributed by atoms with E-state index in [2.05, 4.69) is 13.2 Å². The third-order valence-electron chi connectivity index (χ3n) is 11.0. The maximum absolute atomic E-state index is 15.1. The van der Waals surface area contributed by atoms with Crippen molar-refractivity contribution in [1.82, 2.24) is 9.80 Å². The highest BCUT2D eigenvalue weighted by atomic mass is 35.5. The molecule has 3 aliphatic heterocycles. The van der Waals surface area contributed by atoms with Gasteiger partial charge in [-0.3, -0.25) is 19.2 Å². The van der Waals surface area contributed by atoms with Gasteiger partial charge in [0.05, 0.1) is 47.3 Å². The Morgan fingerprint density at radius 2 is 1.66 bits per heavy atom. The Morgan fingerprint density at radius 1 is 1.02 bits per heavy atom. The predicted molar refractivity (Wildman–Crippen MR) is 202 cm³/mol. The SMILES string of the molecule is C=CCCC(=O)N(C)[C@H](C)[C@H](OC(=O)[C@@H]1[C@@H]2CC[C@]3(O2)[C@H](C(=O)N(CC=C)c2ccccc2Cl)N([C@H](CO)c2ccccc2)C(=O)[C@@H]13)c1ccccc1. The van der Waals surface area contributed by atoms with Crippen molar-refractivity contribution in [2.75, 3.05) is 25.1 Å². The van der Waals surface area contributed by atoms with E-state index in [1.165, 1.54) is 9.80 Å². The Labute approximate surface area is 315 Å². The minimum Gasteiger partial charge on any atom is -0.455 e. The number of hydrogen-bond donors (Lipinski definition) is 1. The number of halogens is 1. The lowest BCUT2D eigenvalue weighted by molar-refractivity contribution is -0.165. The summed E-state index contributed by atoms with van der Waals surface area (Å²) in [7, 11) is 1.68. The Kier molecular flexibility index (Phi) is 11.5. The van der Waals surface area contributed by atoms with Gasteiger partial charge in [-0.25, -0.2) is 0 Å². The lowest BCUT2D eigenvalue weighted by Gasteiger charge is -2.39. The second-order valence-corrected chi connectivity index (χ2v) is 14.3. The summed E-state index contributed by atoms with van der Waals surface area (Å²) in [6.45, 7) is 9.01. The van der Waals surface area contributed by atoms with Crippen molar-refractivity contribution in [3.8, 4) is 0 Å². The quantitative estimate of drug-likeness (QED) is 0.149. The molecule has 278 valence electrons. The zero-order chi connectivity index (χ0) is 37.9. The van der Waals surface area contributed by atoms with Crippen LogP contribution < -0.4 is 4.90 Å². The van der Waals surface area contributed by atoms with E-state index in [9.17, 15) is 19.5 Å². The van der Waals surface area contributed by atoms with Crippen LogP contribution in [0.1, 0.15) is 55.9 Å². The normalized spacial score (nSPS) is 24.5. The van der Waals surface area contributed by atoms with E-state index in [4.69, 9.17) is 21.1 Å². The van der Waals surface area contributed by atoms with E-state index >= 15 is 4.79 Å². The Balaban J connectivity index is 1.40. The molecule has 1 spiro atoms. The van der Waals surface area contributed by atoms with Crippen LogP contribution in [-0.2, 0) is 28.7 Å². The average Bonchev–Trinajstić information content (AvgIpc) is 3.83. The summed E-state index contributed by atoms with van der Waals surface area (Å²) in [5.41, 5.74) is 0.353. The van der Waals surface area contributed by atoms with Crippen molar-refractivity contribution in [3.63, 3.8) is 0 Å². The fraction of sp³-hybridized carbons (Fsp3) is 0.381. The Hall–Kier alpha value is -4.77. The van der Waals surface area contributed by atoms with Gasteiger partial charge >= 0.3 is 5.97 Å². The summed E-state index contributed by atoms with van der Waals surface area (Å²) in [4.78, 5) is 62.2. The topological polar surface area (TPSA) is 117 Å². The molecule has 11 heteroatoms. The number of ether oxygens (including phenoxy) is 2. The number of benzene rings is 3. The van der Waals surface area contributed by atoms with E-state index in [-0.39, 0.29) is 18.9 Å². The molecule has 2 bridgehead atoms. The number of carbonyl (C=O) groups excluding carboxylic acids is 4. The van der Waals surface area contributed by atoms with Crippen LogP contribution in [0.25, 0.3) is 0 Å². The fourth-order valence-corrected chi connectivity index (χ4v) is 8.62. The summed E-state index contributed by atoms with van der Waals surface area (Å²) in [6.07, 6.45) is 3.22. The molecule has 1 N–H and O–H groups in total. The van der Waals surface area contributed by atoms with Crippen molar-refractivity contribution in [2.45, 2.75) is 68.5 Å². The fourth-order valence-electron chi connectivity index (χ4n) is 8.38. The number of anilines is 1. The van der Waals surface area contributed by atoms with Crippen LogP contribution in [0.3, 0.4) is 0 Å². The predicted octanol–water partition coefficient (Wildman–Crippen LogP) is 6.06. The third kappa shape index (κ3) is 6.91. The average molecular weight is 740 g/mol. The van der Waals surface area contributed by atoms with Gasteiger partial charge in [-0.05, 0) is 49.4 Å². The maximum Gasteiger partial charge on any atom is 0.313 e. The van der Waals surface area contributed by atoms with Crippen molar-refractivity contribution >= 4 is 41.0 Å². The summed E-state index contributed by atoms with van der Waals surface area (Å²) in [6, 6.07) is 22.4. The second kappa shape index (κ2) is 16.1. The smallest absolute Gasteiger partial charge is 0.313 e. The van der Waals surface area contributed by atoms with Gasteiger partial charge < -0.3 is 29.3 Å². The second-order valence-electron chi connectivity index (χ2n) is 13.9. The van der Waals surface area contributed by atoms with Crippen molar-refractivity contribution in [2.24, 2.45) is 11.8 Å². The van der Waals surface area contributed by atoms with Gasteiger partial charge in [-0.15, -0.1) is 13.2 Å². The summed E-state index contributed by atoms with van der Waals surface area (Å²) < 4.78 is 13.1. The maximum atomic E-state index is 15.1. The highest BCUT2D eigenvalue weighted by Gasteiger charge is 2.76. The van der Waals surface area contributed by atoms with Crippen molar-refractivity contribution in [3.05, 3.63) is 126 Å². The minimum absolute atomic E-state index is 0.0849. The van der Waals surface area contributed by atoms with Crippen molar-refractivity contribution in [1.29, 1.82) is 0 Å². The molecule has 6 rings (SSSR count). The number of hydrogen-bond acceptors (Lipinski definition) is 7. The summed E-state index contributed by atoms with van der Waals surface area (Å²) >= 11 is 6.63. The molecule has 3 aromatic carbocycles. The van der Waals surface area contributed by atoms with Gasteiger partial charge in [-0.1, -0.05) is 96.5 Å². The Morgan fingerprint density at radius 3 is 2.28 bits per heavy atom. The van der Waals surface area contributed by atoms with Crippen LogP contribution in [0.5, 0.6) is 0 Å². The summed E-state index contributed by atoms with van der Waals surface area (Å²) in [5, 5.41) is 11.2. The molecular formula is C42H46ClN3O7. The van der Waals surface area contributed by atoms with Crippen LogP contribution in [0.2, 0.25) is 5.02 Å². The van der Waals surface area contributed by atoms with Crippen LogP contribution in [0, 0.1) is 11.8 Å². The first kappa shape index (κ1) is 38.0. The number of carbonyl (C=O) groups is 4. The highest BCUT2D eigenvalue weighted by molar-refractivity contribution is 6.34. The van der Waals surface area contributed by atoms with Gasteiger partial charge in [0.1, 0.15) is 17.7 Å². The number of likely N-dealkylation sites (tertiary alicyclic amines) is 1. The summed E-state index contributed by atoms with van der Waals surface area (Å²) in [5.74, 6) is -3.83. The third-order valence-corrected chi connectivity index (χ3v) is 11.4. The highest BCUT2D eigenvalue weighted by Crippen LogP contribution is 2.60. The first-order chi connectivity index (χ1) is 25.6. The molecule has 53 heavy (non-hydrogen) atoms. The molecule has 3 fully saturated rings. The minimum atomic E-state index is -1.39. The molecule has 0 radical (unpaired) electrons. The molecule has 8 atom stereocenters. The first-order valence-corrected chi connectivity index (χ1v) is 18.4. The van der Waals surface area contributed by atoms with E-state index in [0.717, 1.165) is 0 Å². The number of fused-ring (bicyclic) bond motifs is 1.